The van der Waals surface area contributed by atoms with Gasteiger partial charge >= 0.3 is 7.82 Å². The Morgan fingerprint density at radius 1 is 0.500 bits per heavy atom. The van der Waals surface area contributed by atoms with E-state index in [0.717, 1.165) is 32.1 Å². The van der Waals surface area contributed by atoms with Crippen LogP contribution in [0.3, 0.4) is 0 Å². The van der Waals surface area contributed by atoms with Crippen molar-refractivity contribution >= 4 is 7.82 Å². The molecule has 0 saturated carbocycles. The normalized spacial score (nSPS) is 14.2. The summed E-state index contributed by atoms with van der Waals surface area (Å²) in [4.78, 5) is 10.2. The number of phosphoric acid groups is 1. The van der Waals surface area contributed by atoms with Crippen molar-refractivity contribution in [3.05, 3.63) is 24.3 Å². The Hall–Kier alpha value is -0.530. The first-order valence-corrected chi connectivity index (χ1v) is 23.6. The highest BCUT2D eigenvalue weighted by Crippen LogP contribution is 2.43. The van der Waals surface area contributed by atoms with Gasteiger partial charge in [0, 0.05) is 13.2 Å². The number of likely N-dealkylation sites (N-methyl/N-ethyl adjacent to an activating group) is 1. The fourth-order valence-corrected chi connectivity index (χ4v) is 6.80. The number of unbranched alkanes of at least 4 members (excludes halogenated alkanes) is 24. The number of allylic oxidation sites excluding steroid dienone is 4. The topological polar surface area (TPSA) is 74.2 Å². The Morgan fingerprint density at radius 2 is 0.885 bits per heavy atom. The van der Waals surface area contributed by atoms with Crippen LogP contribution in [0.25, 0.3) is 0 Å². The molecule has 0 amide bonds. The molecule has 0 bridgehead atoms. The quantitative estimate of drug-likeness (QED) is 0.0289. The molecule has 0 aliphatic rings. The SMILES string of the molecule is CCCCCCCC/C=C/CCCCCCCCOCC(COP(=O)(O)OCC[N+](C)(C)C)OCCCCCC/C=C/CCCCCCCCCC. The van der Waals surface area contributed by atoms with Gasteiger partial charge in [-0.2, -0.15) is 0 Å². The van der Waals surface area contributed by atoms with Crippen LogP contribution in [0.15, 0.2) is 24.3 Å². The first-order chi connectivity index (χ1) is 25.2. The molecule has 2 atom stereocenters. The van der Waals surface area contributed by atoms with E-state index >= 15 is 0 Å². The molecule has 310 valence electrons. The predicted octanol–water partition coefficient (Wildman–Crippen LogP) is 13.3. The molecule has 7 nitrogen and oxygen atoms in total. The lowest BCUT2D eigenvalue weighted by molar-refractivity contribution is -0.870. The van der Waals surface area contributed by atoms with Crippen LogP contribution in [0.2, 0.25) is 0 Å². The van der Waals surface area contributed by atoms with Crippen molar-refractivity contribution in [2.45, 2.75) is 200 Å². The van der Waals surface area contributed by atoms with Crippen LogP contribution in [0.1, 0.15) is 194 Å². The number of quaternary nitrogens is 1. The van der Waals surface area contributed by atoms with Gasteiger partial charge in [-0.3, -0.25) is 9.05 Å². The highest BCUT2D eigenvalue weighted by Gasteiger charge is 2.25. The van der Waals surface area contributed by atoms with Gasteiger partial charge in [-0.1, -0.05) is 154 Å². The highest BCUT2D eigenvalue weighted by atomic mass is 31.2. The van der Waals surface area contributed by atoms with E-state index in [1.165, 1.54) is 148 Å². The zero-order chi connectivity index (χ0) is 38.3. The van der Waals surface area contributed by atoms with Crippen molar-refractivity contribution < 1.29 is 32.5 Å². The van der Waals surface area contributed by atoms with Crippen molar-refractivity contribution in [2.75, 3.05) is 60.7 Å². The van der Waals surface area contributed by atoms with Crippen LogP contribution in [0.5, 0.6) is 0 Å². The van der Waals surface area contributed by atoms with Gasteiger partial charge in [-0.05, 0) is 64.2 Å². The molecular formula is C44H89NO6P+. The molecule has 0 fully saturated rings. The van der Waals surface area contributed by atoms with E-state index in [2.05, 4.69) is 38.2 Å². The highest BCUT2D eigenvalue weighted by molar-refractivity contribution is 7.47. The molecule has 0 radical (unpaired) electrons. The van der Waals surface area contributed by atoms with Crippen LogP contribution in [0, 0.1) is 0 Å². The summed E-state index contributed by atoms with van der Waals surface area (Å²) < 4.78 is 35.7. The van der Waals surface area contributed by atoms with E-state index in [9.17, 15) is 9.46 Å². The Kier molecular flexibility index (Phi) is 38.3. The maximum Gasteiger partial charge on any atom is 0.472 e. The number of ether oxygens (including phenoxy) is 2. The minimum absolute atomic E-state index is 0.0186. The molecule has 0 aromatic carbocycles. The monoisotopic (exact) mass is 759 g/mol. The molecule has 8 heteroatoms. The van der Waals surface area contributed by atoms with Crippen molar-refractivity contribution in [3.8, 4) is 0 Å². The number of hydrogen-bond donors (Lipinski definition) is 1. The Labute approximate surface area is 324 Å². The third-order valence-electron chi connectivity index (χ3n) is 9.55. The average Bonchev–Trinajstić information content (AvgIpc) is 3.10. The average molecular weight is 759 g/mol. The smallest absolute Gasteiger partial charge is 0.379 e. The number of hydrogen-bond acceptors (Lipinski definition) is 5. The summed E-state index contributed by atoms with van der Waals surface area (Å²) in [5.41, 5.74) is 0. The van der Waals surface area contributed by atoms with Crippen LogP contribution < -0.4 is 0 Å². The van der Waals surface area contributed by atoms with E-state index < -0.39 is 13.9 Å². The standard InChI is InChI=1S/C44H88NO6P/c1-6-8-10-12-14-16-18-20-22-24-26-28-30-32-34-36-39-48-42-44(43-51-52(46,47)50-41-38-45(3,4)5)49-40-37-35-33-31-29-27-25-23-21-19-17-15-13-11-9-7-2/h20,22,25,27,44H,6-19,21,23-24,26,28-43H2,1-5H3/p+1/b22-20+,27-25+. The van der Waals surface area contributed by atoms with E-state index in [-0.39, 0.29) is 13.2 Å². The first kappa shape index (κ1) is 51.5. The molecule has 52 heavy (non-hydrogen) atoms. The number of nitrogens with zero attached hydrogens (tertiary/aromatic N) is 1. The maximum atomic E-state index is 12.5. The second kappa shape index (κ2) is 38.7. The van der Waals surface area contributed by atoms with Gasteiger partial charge in [0.05, 0.1) is 34.4 Å². The molecular weight excluding hydrogens is 669 g/mol. The summed E-state index contributed by atoms with van der Waals surface area (Å²) in [5, 5.41) is 0. The number of rotatable bonds is 42. The molecule has 0 aliphatic carbocycles. The molecule has 0 heterocycles. The van der Waals surface area contributed by atoms with Gasteiger partial charge in [0.1, 0.15) is 19.3 Å². The summed E-state index contributed by atoms with van der Waals surface area (Å²) in [7, 11) is 1.90. The van der Waals surface area contributed by atoms with Gasteiger partial charge in [0.15, 0.2) is 0 Å². The summed E-state index contributed by atoms with van der Waals surface area (Å²) >= 11 is 0. The molecule has 0 aromatic rings. The summed E-state index contributed by atoms with van der Waals surface area (Å²) in [6, 6.07) is 0. The van der Waals surface area contributed by atoms with Gasteiger partial charge in [-0.15, -0.1) is 0 Å². The minimum Gasteiger partial charge on any atom is -0.379 e. The molecule has 0 aliphatic heterocycles. The van der Waals surface area contributed by atoms with E-state index in [1.54, 1.807) is 0 Å². The zero-order valence-electron chi connectivity index (χ0n) is 35.3. The first-order valence-electron chi connectivity index (χ1n) is 22.1. The fraction of sp³-hybridized carbons (Fsp3) is 0.909. The van der Waals surface area contributed by atoms with Gasteiger partial charge in [0.2, 0.25) is 0 Å². The number of phosphoric ester groups is 1. The van der Waals surface area contributed by atoms with Crippen LogP contribution >= 0.6 is 7.82 Å². The molecule has 0 saturated heterocycles. The lowest BCUT2D eigenvalue weighted by atomic mass is 10.1. The predicted molar refractivity (Wildman–Crippen MR) is 224 cm³/mol. The van der Waals surface area contributed by atoms with Crippen molar-refractivity contribution in [3.63, 3.8) is 0 Å². The largest absolute Gasteiger partial charge is 0.472 e. The van der Waals surface area contributed by atoms with Gasteiger partial charge < -0.3 is 18.9 Å². The van der Waals surface area contributed by atoms with Crippen molar-refractivity contribution in [1.82, 2.24) is 0 Å². The van der Waals surface area contributed by atoms with Crippen LogP contribution in [0.4, 0.5) is 0 Å². The minimum atomic E-state index is -4.14. The Bertz CT molecular complexity index is 830. The molecule has 0 rings (SSSR count). The van der Waals surface area contributed by atoms with Gasteiger partial charge in [0.25, 0.3) is 0 Å². The molecule has 2 unspecified atom stereocenters. The second-order valence-corrected chi connectivity index (χ2v) is 17.5. The van der Waals surface area contributed by atoms with E-state index in [1.807, 2.05) is 21.1 Å². The zero-order valence-corrected chi connectivity index (χ0v) is 36.2. The van der Waals surface area contributed by atoms with E-state index in [4.69, 9.17) is 18.5 Å². The fourth-order valence-electron chi connectivity index (χ4n) is 6.05. The summed E-state index contributed by atoms with van der Waals surface area (Å²) in [6.07, 6.45) is 44.9. The molecule has 0 aromatic heterocycles. The van der Waals surface area contributed by atoms with Crippen LogP contribution in [-0.4, -0.2) is 76.2 Å². The maximum absolute atomic E-state index is 12.5. The summed E-state index contributed by atoms with van der Waals surface area (Å²) in [5.74, 6) is 0. The molecule has 1 N–H and O–H groups in total. The second-order valence-electron chi connectivity index (χ2n) is 16.1. The van der Waals surface area contributed by atoms with Crippen molar-refractivity contribution in [1.29, 1.82) is 0 Å². The third-order valence-corrected chi connectivity index (χ3v) is 10.5. The lowest BCUT2D eigenvalue weighted by Crippen LogP contribution is -2.37. The third kappa shape index (κ3) is 42.2. The Morgan fingerprint density at radius 3 is 1.31 bits per heavy atom. The Balaban J connectivity index is 4.12. The van der Waals surface area contributed by atoms with Crippen molar-refractivity contribution in [2.24, 2.45) is 0 Å². The summed E-state index contributed by atoms with van der Waals surface area (Å²) in [6.45, 7) is 6.92. The van der Waals surface area contributed by atoms with Gasteiger partial charge in [-0.25, -0.2) is 4.57 Å². The van der Waals surface area contributed by atoms with E-state index in [0.29, 0.717) is 30.8 Å². The van der Waals surface area contributed by atoms with Crippen LogP contribution in [-0.2, 0) is 23.1 Å². The molecule has 0 spiro atoms. The lowest BCUT2D eigenvalue weighted by Gasteiger charge is -2.24.